The average Bonchev–Trinajstić information content (AvgIpc) is 2.40. The maximum absolute atomic E-state index is 12.8. The lowest BCUT2D eigenvalue weighted by Crippen LogP contribution is -2.58. The molecule has 4 nitrogen and oxygen atoms in total. The van der Waals surface area contributed by atoms with Crippen molar-refractivity contribution in [3.8, 4) is 0 Å². The Balaban J connectivity index is 5.75. The molecule has 0 aliphatic carbocycles. The van der Waals surface area contributed by atoms with E-state index in [1.54, 1.807) is 13.8 Å². The van der Waals surface area contributed by atoms with Gasteiger partial charge in [0.2, 0.25) is 0 Å². The van der Waals surface area contributed by atoms with Crippen LogP contribution in [0.1, 0.15) is 96.9 Å². The van der Waals surface area contributed by atoms with E-state index in [-0.39, 0.29) is 11.4 Å². The summed E-state index contributed by atoms with van der Waals surface area (Å²) in [5, 5.41) is 0. The number of Topliss-reactive ketones (excluding diaryl/α,β-unsaturated/α-hetero) is 1. The fraction of sp³-hybridized carbons (Fsp3) is 0.826. The van der Waals surface area contributed by atoms with Crippen LogP contribution >= 0.6 is 0 Å². The summed E-state index contributed by atoms with van der Waals surface area (Å²) in [5.41, 5.74) is -1.92. The first kappa shape index (κ1) is 25.8. The Morgan fingerprint density at radius 1 is 0.630 bits per heavy atom. The molecule has 0 aliphatic rings. The van der Waals surface area contributed by atoms with E-state index in [9.17, 15) is 9.59 Å². The van der Waals surface area contributed by atoms with Gasteiger partial charge in [0.25, 0.3) is 0 Å². The van der Waals surface area contributed by atoms with Crippen molar-refractivity contribution in [2.45, 2.75) is 114 Å². The van der Waals surface area contributed by atoms with Crippen LogP contribution in [0.5, 0.6) is 0 Å². The van der Waals surface area contributed by atoms with Gasteiger partial charge >= 0.3 is 5.97 Å². The maximum atomic E-state index is 12.8. The molecule has 0 aliphatic heterocycles. The van der Waals surface area contributed by atoms with Gasteiger partial charge in [0.05, 0.1) is 11.2 Å². The van der Waals surface area contributed by atoms with Crippen molar-refractivity contribution in [1.82, 2.24) is 0 Å². The molecule has 4 heteroatoms. The zero-order valence-corrected chi connectivity index (χ0v) is 20.1. The molecule has 158 valence electrons. The fourth-order valence-electron chi connectivity index (χ4n) is 2.94. The van der Waals surface area contributed by atoms with Crippen LogP contribution in [0.15, 0.2) is 11.1 Å². The molecule has 0 saturated heterocycles. The first-order valence-electron chi connectivity index (χ1n) is 9.72. The molecule has 0 amide bonds. The van der Waals surface area contributed by atoms with Crippen molar-refractivity contribution in [1.29, 1.82) is 0 Å². The Hall–Kier alpha value is -1.16. The van der Waals surface area contributed by atoms with Gasteiger partial charge in [0.15, 0.2) is 5.78 Å². The number of rotatable bonds is 6. The third-order valence-electron chi connectivity index (χ3n) is 5.81. The van der Waals surface area contributed by atoms with Gasteiger partial charge in [-0.15, -0.1) is 0 Å². The van der Waals surface area contributed by atoms with Crippen LogP contribution < -0.4 is 0 Å². The highest BCUT2D eigenvalue weighted by molar-refractivity contribution is 6.05. The van der Waals surface area contributed by atoms with Crippen LogP contribution in [-0.2, 0) is 19.1 Å². The number of esters is 1. The highest BCUT2D eigenvalue weighted by Gasteiger charge is 2.52. The molecule has 0 spiro atoms. The summed E-state index contributed by atoms with van der Waals surface area (Å²) in [5.74, 6) is -0.514. The highest BCUT2D eigenvalue weighted by Crippen LogP contribution is 2.46. The van der Waals surface area contributed by atoms with Crippen LogP contribution in [0.25, 0.3) is 0 Å². The molecule has 27 heavy (non-hydrogen) atoms. The summed E-state index contributed by atoms with van der Waals surface area (Å²) in [6.45, 7) is 26.8. The number of allylic oxidation sites excluding steroid dienone is 1. The van der Waals surface area contributed by atoms with E-state index in [4.69, 9.17) is 9.47 Å². The molecule has 0 aromatic rings. The van der Waals surface area contributed by atoms with Crippen molar-refractivity contribution in [2.24, 2.45) is 10.8 Å². The van der Waals surface area contributed by atoms with E-state index in [1.807, 2.05) is 83.1 Å². The van der Waals surface area contributed by atoms with E-state index < -0.39 is 28.0 Å². The van der Waals surface area contributed by atoms with Crippen LogP contribution in [0.3, 0.4) is 0 Å². The van der Waals surface area contributed by atoms with Crippen molar-refractivity contribution >= 4 is 11.8 Å². The van der Waals surface area contributed by atoms with Crippen molar-refractivity contribution in [3.05, 3.63) is 11.1 Å². The Morgan fingerprint density at radius 2 is 1.04 bits per heavy atom. The van der Waals surface area contributed by atoms with Crippen molar-refractivity contribution in [2.75, 3.05) is 0 Å². The SMILES string of the molecule is CC(C(=O)OC(C)(C)C(C)(C)C(C)(C)OC(C)(C)C)=C(C)C(=O)C(C)(C)C. The summed E-state index contributed by atoms with van der Waals surface area (Å²) in [7, 11) is 0. The van der Waals surface area contributed by atoms with E-state index in [0.29, 0.717) is 11.1 Å². The molecule has 0 fully saturated rings. The molecule has 0 aromatic heterocycles. The Kier molecular flexibility index (Phi) is 7.36. The van der Waals surface area contributed by atoms with Crippen LogP contribution in [0, 0.1) is 10.8 Å². The molecule has 0 N–H and O–H groups in total. The number of ether oxygens (including phenoxy) is 2. The number of carbonyl (C=O) groups is 2. The summed E-state index contributed by atoms with van der Waals surface area (Å²) in [6.07, 6.45) is 0. The van der Waals surface area contributed by atoms with E-state index >= 15 is 0 Å². The minimum atomic E-state index is -0.814. The van der Waals surface area contributed by atoms with E-state index in [2.05, 4.69) is 0 Å². The van der Waals surface area contributed by atoms with Crippen molar-refractivity contribution in [3.63, 3.8) is 0 Å². The number of ketones is 1. The number of hydrogen-bond acceptors (Lipinski definition) is 4. The lowest BCUT2D eigenvalue weighted by atomic mass is 9.66. The second kappa shape index (κ2) is 7.69. The first-order chi connectivity index (χ1) is 11.6. The summed E-state index contributed by atoms with van der Waals surface area (Å²) < 4.78 is 12.2. The molecule has 0 unspecified atom stereocenters. The van der Waals surface area contributed by atoms with Gasteiger partial charge in [-0.2, -0.15) is 0 Å². The lowest BCUT2D eigenvalue weighted by Gasteiger charge is -2.52. The minimum Gasteiger partial charge on any atom is -0.456 e. The second-order valence-corrected chi connectivity index (χ2v) is 11.1. The topological polar surface area (TPSA) is 52.6 Å². The molecular weight excluding hydrogens is 340 g/mol. The fourth-order valence-corrected chi connectivity index (χ4v) is 2.94. The number of hydrogen-bond donors (Lipinski definition) is 0. The molecule has 0 aromatic carbocycles. The van der Waals surface area contributed by atoms with Crippen LogP contribution in [0.2, 0.25) is 0 Å². The van der Waals surface area contributed by atoms with Gasteiger partial charge in [-0.3, -0.25) is 4.79 Å². The van der Waals surface area contributed by atoms with E-state index in [0.717, 1.165) is 0 Å². The maximum Gasteiger partial charge on any atom is 0.334 e. The van der Waals surface area contributed by atoms with E-state index in [1.165, 1.54) is 0 Å². The standard InChI is InChI=1S/C23H42O4/c1-15(17(24)19(3,4)5)16(2)18(25)26-22(11,12)21(9,10)23(13,14)27-20(6,7)8/h1-14H3. The highest BCUT2D eigenvalue weighted by atomic mass is 16.6. The molecule has 0 bridgehead atoms. The summed E-state index contributed by atoms with van der Waals surface area (Å²) >= 11 is 0. The lowest BCUT2D eigenvalue weighted by molar-refractivity contribution is -0.225. The van der Waals surface area contributed by atoms with Gasteiger partial charge in [-0.1, -0.05) is 34.6 Å². The normalized spacial score (nSPS) is 15.3. The number of carbonyl (C=O) groups excluding carboxylic acids is 2. The monoisotopic (exact) mass is 382 g/mol. The van der Waals surface area contributed by atoms with Crippen LogP contribution in [-0.4, -0.2) is 28.6 Å². The molecule has 0 saturated carbocycles. The molecule has 0 heterocycles. The Labute approximate surface area is 167 Å². The second-order valence-electron chi connectivity index (χ2n) is 11.1. The van der Waals surface area contributed by atoms with Gasteiger partial charge in [-0.05, 0) is 62.3 Å². The third-order valence-corrected chi connectivity index (χ3v) is 5.81. The van der Waals surface area contributed by atoms with Gasteiger partial charge < -0.3 is 9.47 Å². The quantitative estimate of drug-likeness (QED) is 0.425. The van der Waals surface area contributed by atoms with Gasteiger partial charge in [0, 0.05) is 22.0 Å². The predicted octanol–water partition coefficient (Wildman–Crippen LogP) is 5.88. The third kappa shape index (κ3) is 6.17. The average molecular weight is 383 g/mol. The molecular formula is C23H42O4. The van der Waals surface area contributed by atoms with Crippen LogP contribution in [0.4, 0.5) is 0 Å². The molecule has 0 atom stereocenters. The largest absolute Gasteiger partial charge is 0.456 e. The van der Waals surface area contributed by atoms with Gasteiger partial charge in [0.1, 0.15) is 5.60 Å². The minimum absolute atomic E-state index is 0.0505. The Morgan fingerprint density at radius 3 is 1.37 bits per heavy atom. The van der Waals surface area contributed by atoms with Crippen molar-refractivity contribution < 1.29 is 19.1 Å². The predicted molar refractivity (Wildman–Crippen MR) is 112 cm³/mol. The zero-order chi connectivity index (χ0) is 22.2. The Bertz CT molecular complexity index is 605. The zero-order valence-electron chi connectivity index (χ0n) is 20.1. The van der Waals surface area contributed by atoms with Gasteiger partial charge in [-0.25, -0.2) is 4.79 Å². The smallest absolute Gasteiger partial charge is 0.334 e. The summed E-state index contributed by atoms with van der Waals surface area (Å²) in [4.78, 5) is 25.3. The first-order valence-corrected chi connectivity index (χ1v) is 9.72. The molecule has 0 radical (unpaired) electrons. The summed E-state index contributed by atoms with van der Waals surface area (Å²) in [6, 6.07) is 0. The molecule has 0 rings (SSSR count).